The van der Waals surface area contributed by atoms with E-state index in [4.69, 9.17) is 11.1 Å². The number of nitro groups is 2. The van der Waals surface area contributed by atoms with Gasteiger partial charge in [0.1, 0.15) is 13.1 Å². The molecule has 14 nitrogen and oxygen atoms in total. The van der Waals surface area contributed by atoms with Gasteiger partial charge in [0.2, 0.25) is 0 Å². The number of hydrogen-bond acceptors (Lipinski definition) is 6. The number of rotatable bonds is 9. The second-order valence-corrected chi connectivity index (χ2v) is 2.68. The van der Waals surface area contributed by atoms with Crippen LogP contribution in [-0.2, 0) is 0 Å². The molecule has 0 rings (SSSR count). The Balaban J connectivity index is 4.44. The smallest absolute Gasteiger partial charge is 0.160 e. The molecule has 0 aliphatic carbocycles. The van der Waals surface area contributed by atoms with Gasteiger partial charge < -0.3 is 0 Å². The van der Waals surface area contributed by atoms with Crippen LogP contribution in [0.15, 0.2) is 10.2 Å². The zero-order chi connectivity index (χ0) is 14.0. The van der Waals surface area contributed by atoms with Crippen LogP contribution in [0.25, 0.3) is 20.9 Å². The van der Waals surface area contributed by atoms with Gasteiger partial charge in [0.15, 0.2) is 23.4 Å². The predicted octanol–water partition coefficient (Wildman–Crippen LogP) is 0.509. The highest BCUT2D eigenvalue weighted by Crippen LogP contribution is 1.95. The molecule has 0 aromatic carbocycles. The van der Waals surface area contributed by atoms with Crippen molar-refractivity contribution < 1.29 is 10.1 Å². The zero-order valence-corrected chi connectivity index (χ0v) is 8.93. The summed E-state index contributed by atoms with van der Waals surface area (Å²) < 4.78 is 0. The first kappa shape index (κ1) is 15.0. The SMILES string of the molecule is [N-]=[N+]=NCN(CCN(CN=[N+]=[N-])[N+](=O)[O-])[N+](=O)[O-]. The fraction of sp³-hybridized carbons (Fsp3) is 1.00. The second-order valence-electron chi connectivity index (χ2n) is 2.68. The Kier molecular flexibility index (Phi) is 6.85. The first-order valence-electron chi connectivity index (χ1n) is 4.33. The zero-order valence-electron chi connectivity index (χ0n) is 8.93. The molecular weight excluding hydrogens is 252 g/mol. The van der Waals surface area contributed by atoms with Crippen molar-refractivity contribution in [3.63, 3.8) is 0 Å². The van der Waals surface area contributed by atoms with Crippen LogP contribution < -0.4 is 0 Å². The minimum atomic E-state index is -0.847. The Morgan fingerprint density at radius 3 is 1.50 bits per heavy atom. The molecule has 0 spiro atoms. The van der Waals surface area contributed by atoms with E-state index in [0.717, 1.165) is 0 Å². The van der Waals surface area contributed by atoms with Crippen LogP contribution in [-0.4, -0.2) is 46.5 Å². The summed E-state index contributed by atoms with van der Waals surface area (Å²) in [6.45, 7) is -1.85. The Hall–Kier alpha value is -2.98. The van der Waals surface area contributed by atoms with Crippen LogP contribution in [0.5, 0.6) is 0 Å². The van der Waals surface area contributed by atoms with Gasteiger partial charge in [0.05, 0.1) is 0 Å². The van der Waals surface area contributed by atoms with Crippen LogP contribution >= 0.6 is 0 Å². The molecule has 98 valence electrons. The summed E-state index contributed by atoms with van der Waals surface area (Å²) in [6, 6.07) is 0. The van der Waals surface area contributed by atoms with E-state index in [9.17, 15) is 20.2 Å². The van der Waals surface area contributed by atoms with Crippen molar-refractivity contribution in [1.82, 2.24) is 10.0 Å². The van der Waals surface area contributed by atoms with Gasteiger partial charge in [-0.1, -0.05) is 10.2 Å². The molecule has 0 unspecified atom stereocenters. The Morgan fingerprint density at radius 1 is 0.944 bits per heavy atom. The molecule has 0 N–H and O–H groups in total. The normalized spacial score (nSPS) is 8.67. The van der Waals surface area contributed by atoms with Crippen LogP contribution in [0, 0.1) is 20.2 Å². The number of nitrogens with zero attached hydrogens (tertiary/aromatic N) is 10. The summed E-state index contributed by atoms with van der Waals surface area (Å²) in [7, 11) is 0. The Bertz CT molecular complexity index is 359. The molecule has 0 aromatic heterocycles. The molecule has 0 heterocycles. The van der Waals surface area contributed by atoms with E-state index in [1.54, 1.807) is 0 Å². The van der Waals surface area contributed by atoms with E-state index in [-0.39, 0.29) is 13.1 Å². The summed E-state index contributed by atoms with van der Waals surface area (Å²) in [4.78, 5) is 25.6. The van der Waals surface area contributed by atoms with Crippen molar-refractivity contribution in [1.29, 1.82) is 0 Å². The fourth-order valence-electron chi connectivity index (χ4n) is 0.841. The van der Waals surface area contributed by atoms with Crippen LogP contribution in [0.4, 0.5) is 0 Å². The average molecular weight is 260 g/mol. The lowest BCUT2D eigenvalue weighted by molar-refractivity contribution is -0.673. The van der Waals surface area contributed by atoms with Crippen molar-refractivity contribution in [2.45, 2.75) is 0 Å². The summed E-state index contributed by atoms with van der Waals surface area (Å²) in [6.07, 6.45) is 0. The largest absolute Gasteiger partial charge is 0.235 e. The second kappa shape index (κ2) is 8.20. The lowest BCUT2D eigenvalue weighted by Gasteiger charge is -2.15. The quantitative estimate of drug-likeness (QED) is 0.190. The van der Waals surface area contributed by atoms with E-state index in [2.05, 4.69) is 20.1 Å². The lowest BCUT2D eigenvalue weighted by Crippen LogP contribution is -2.40. The number of azide groups is 2. The number of hydrazine groups is 2. The lowest BCUT2D eigenvalue weighted by atomic mass is 10.6. The van der Waals surface area contributed by atoms with Gasteiger partial charge in [-0.3, -0.25) is 0 Å². The standard InChI is InChI=1S/C4H8N10O4/c5-9-7-3-11(13(15)16)1-2-12(14(17)18)4-8-10-6/h1-4H2. The van der Waals surface area contributed by atoms with Gasteiger partial charge in [0.25, 0.3) is 0 Å². The molecule has 0 aliphatic heterocycles. The maximum absolute atomic E-state index is 10.5. The Labute approximate surface area is 98.9 Å². The summed E-state index contributed by atoms with van der Waals surface area (Å²) in [5.74, 6) is 0. The summed E-state index contributed by atoms with van der Waals surface area (Å²) in [5, 5.41) is 26.2. The van der Waals surface area contributed by atoms with E-state index in [1.165, 1.54) is 0 Å². The minimum Gasteiger partial charge on any atom is -0.235 e. The van der Waals surface area contributed by atoms with Crippen LogP contribution in [0.1, 0.15) is 0 Å². The minimum absolute atomic E-state index is 0.367. The monoisotopic (exact) mass is 260 g/mol. The van der Waals surface area contributed by atoms with Gasteiger partial charge in [-0.25, -0.2) is 20.2 Å². The molecular formula is C4H8N10O4. The molecule has 18 heavy (non-hydrogen) atoms. The van der Waals surface area contributed by atoms with Crippen LogP contribution in [0.2, 0.25) is 0 Å². The maximum Gasteiger partial charge on any atom is 0.160 e. The summed E-state index contributed by atoms with van der Waals surface area (Å²) in [5.41, 5.74) is 16.0. The van der Waals surface area contributed by atoms with Crippen molar-refractivity contribution >= 4 is 0 Å². The van der Waals surface area contributed by atoms with E-state index in [1.807, 2.05) is 0 Å². The van der Waals surface area contributed by atoms with Crippen molar-refractivity contribution in [2.24, 2.45) is 10.2 Å². The third kappa shape index (κ3) is 5.79. The van der Waals surface area contributed by atoms with E-state index >= 15 is 0 Å². The molecule has 0 fully saturated rings. The van der Waals surface area contributed by atoms with Gasteiger partial charge in [-0.2, -0.15) is 0 Å². The molecule has 0 saturated heterocycles. The van der Waals surface area contributed by atoms with E-state index in [0.29, 0.717) is 10.0 Å². The highest BCUT2D eigenvalue weighted by Gasteiger charge is 2.19. The molecule has 0 radical (unpaired) electrons. The highest BCUT2D eigenvalue weighted by atomic mass is 16.7. The topological polar surface area (TPSA) is 190 Å². The maximum atomic E-state index is 10.5. The van der Waals surface area contributed by atoms with Gasteiger partial charge in [-0.15, -0.1) is 10.0 Å². The predicted molar refractivity (Wildman–Crippen MR) is 55.4 cm³/mol. The fourth-order valence-corrected chi connectivity index (χ4v) is 0.841. The first-order chi connectivity index (χ1) is 8.52. The average Bonchev–Trinajstić information content (AvgIpc) is 2.31. The first-order valence-corrected chi connectivity index (χ1v) is 4.33. The van der Waals surface area contributed by atoms with Gasteiger partial charge >= 0.3 is 0 Å². The van der Waals surface area contributed by atoms with Gasteiger partial charge in [-0.05, 0) is 11.1 Å². The molecule has 0 saturated carbocycles. The third-order valence-electron chi connectivity index (χ3n) is 1.66. The highest BCUT2D eigenvalue weighted by molar-refractivity contribution is 4.51. The van der Waals surface area contributed by atoms with Crippen molar-refractivity contribution in [3.8, 4) is 0 Å². The molecule has 0 aromatic rings. The molecule has 0 bridgehead atoms. The molecule has 0 aliphatic rings. The van der Waals surface area contributed by atoms with E-state index < -0.39 is 23.4 Å². The molecule has 0 atom stereocenters. The Morgan fingerprint density at radius 2 is 1.28 bits per heavy atom. The van der Waals surface area contributed by atoms with Crippen LogP contribution in [0.3, 0.4) is 0 Å². The molecule has 0 amide bonds. The van der Waals surface area contributed by atoms with Gasteiger partial charge in [0, 0.05) is 9.82 Å². The molecule has 14 heteroatoms. The van der Waals surface area contributed by atoms with Crippen molar-refractivity contribution in [3.05, 3.63) is 41.1 Å². The van der Waals surface area contributed by atoms with Crippen molar-refractivity contribution in [2.75, 3.05) is 26.4 Å². The number of hydrogen-bond donors (Lipinski definition) is 0. The third-order valence-corrected chi connectivity index (χ3v) is 1.66. The summed E-state index contributed by atoms with van der Waals surface area (Å²) >= 11 is 0.